The summed E-state index contributed by atoms with van der Waals surface area (Å²) in [6.07, 6.45) is 4.79. The molecule has 18 heavy (non-hydrogen) atoms. The van der Waals surface area contributed by atoms with Gasteiger partial charge >= 0.3 is 0 Å². The third-order valence-corrected chi connectivity index (χ3v) is 4.70. The van der Waals surface area contributed by atoms with Crippen LogP contribution in [0.25, 0.3) is 0 Å². The van der Waals surface area contributed by atoms with E-state index >= 15 is 0 Å². The van der Waals surface area contributed by atoms with E-state index in [9.17, 15) is 0 Å². The quantitative estimate of drug-likeness (QED) is 0.823. The van der Waals surface area contributed by atoms with Gasteiger partial charge in [0.05, 0.1) is 0 Å². The number of thioether (sulfide) groups is 1. The van der Waals surface area contributed by atoms with Gasteiger partial charge in [-0.1, -0.05) is 12.1 Å². The summed E-state index contributed by atoms with van der Waals surface area (Å²) in [5.74, 6) is 0. The molecule has 2 unspecified atom stereocenters. The van der Waals surface area contributed by atoms with Gasteiger partial charge in [0.25, 0.3) is 0 Å². The third-order valence-electron chi connectivity index (χ3n) is 3.96. The van der Waals surface area contributed by atoms with E-state index < -0.39 is 0 Å². The highest BCUT2D eigenvalue weighted by molar-refractivity contribution is 7.98. The lowest BCUT2D eigenvalue weighted by atomic mass is 10.1. The van der Waals surface area contributed by atoms with Crippen LogP contribution in [-0.2, 0) is 0 Å². The second-order valence-corrected chi connectivity index (χ2v) is 5.92. The van der Waals surface area contributed by atoms with Gasteiger partial charge in [-0.15, -0.1) is 11.8 Å². The Labute approximate surface area is 115 Å². The van der Waals surface area contributed by atoms with Crippen LogP contribution in [0.15, 0.2) is 29.2 Å². The number of nitrogens with one attached hydrogen (secondary N) is 1. The molecule has 0 bridgehead atoms. The minimum Gasteiger partial charge on any atom is -0.318 e. The van der Waals surface area contributed by atoms with Crippen LogP contribution in [0.2, 0.25) is 0 Å². The van der Waals surface area contributed by atoms with E-state index in [1.807, 2.05) is 0 Å². The fourth-order valence-corrected chi connectivity index (χ4v) is 3.30. The van der Waals surface area contributed by atoms with Crippen LogP contribution in [0.5, 0.6) is 0 Å². The molecule has 1 N–H and O–H groups in total. The van der Waals surface area contributed by atoms with E-state index in [2.05, 4.69) is 54.7 Å². The number of hydrogen-bond donors (Lipinski definition) is 1. The van der Waals surface area contributed by atoms with Gasteiger partial charge in [0.1, 0.15) is 0 Å². The van der Waals surface area contributed by atoms with Crippen molar-refractivity contribution in [3.63, 3.8) is 0 Å². The maximum Gasteiger partial charge on any atom is 0.0323 e. The highest BCUT2D eigenvalue weighted by Crippen LogP contribution is 2.29. The van der Waals surface area contributed by atoms with E-state index in [1.165, 1.54) is 29.8 Å². The SMILES string of the molecule is CNCC1CCCN1C(C)c1ccc(SC)cc1. The lowest BCUT2D eigenvalue weighted by molar-refractivity contribution is 0.191. The zero-order chi connectivity index (χ0) is 13.0. The maximum absolute atomic E-state index is 3.32. The first kappa shape index (κ1) is 13.9. The van der Waals surface area contributed by atoms with Gasteiger partial charge in [-0.25, -0.2) is 0 Å². The fourth-order valence-electron chi connectivity index (χ4n) is 2.90. The number of likely N-dealkylation sites (tertiary alicyclic amines) is 1. The van der Waals surface area contributed by atoms with Crippen molar-refractivity contribution in [1.82, 2.24) is 10.2 Å². The molecule has 0 radical (unpaired) electrons. The molecule has 100 valence electrons. The first-order valence-electron chi connectivity index (χ1n) is 6.80. The summed E-state index contributed by atoms with van der Waals surface area (Å²) < 4.78 is 0. The van der Waals surface area contributed by atoms with Crippen LogP contribution in [-0.4, -0.2) is 37.3 Å². The van der Waals surface area contributed by atoms with E-state index in [0.717, 1.165) is 6.54 Å². The summed E-state index contributed by atoms with van der Waals surface area (Å²) >= 11 is 1.81. The van der Waals surface area contributed by atoms with Crippen molar-refractivity contribution in [2.75, 3.05) is 26.4 Å². The number of rotatable bonds is 5. The third kappa shape index (κ3) is 3.08. The summed E-state index contributed by atoms with van der Waals surface area (Å²) in [5, 5.41) is 3.32. The van der Waals surface area contributed by atoms with E-state index in [0.29, 0.717) is 12.1 Å². The zero-order valence-electron chi connectivity index (χ0n) is 11.6. The molecule has 1 aliphatic heterocycles. The molecular formula is C15H24N2S. The van der Waals surface area contributed by atoms with Gasteiger partial charge in [0, 0.05) is 23.5 Å². The first-order valence-corrected chi connectivity index (χ1v) is 8.03. The topological polar surface area (TPSA) is 15.3 Å². The lowest BCUT2D eigenvalue weighted by Gasteiger charge is -2.31. The predicted octanol–water partition coefficient (Wildman–Crippen LogP) is 3.15. The monoisotopic (exact) mass is 264 g/mol. The van der Waals surface area contributed by atoms with Gasteiger partial charge in [0.2, 0.25) is 0 Å². The Bertz CT molecular complexity index is 363. The fraction of sp³-hybridized carbons (Fsp3) is 0.600. The summed E-state index contributed by atoms with van der Waals surface area (Å²) in [6, 6.07) is 10.3. The van der Waals surface area contributed by atoms with Gasteiger partial charge in [-0.2, -0.15) is 0 Å². The van der Waals surface area contributed by atoms with Crippen molar-refractivity contribution in [3.05, 3.63) is 29.8 Å². The summed E-state index contributed by atoms with van der Waals surface area (Å²) in [5.41, 5.74) is 1.44. The second-order valence-electron chi connectivity index (χ2n) is 5.04. The average molecular weight is 264 g/mol. The van der Waals surface area contributed by atoms with Crippen LogP contribution < -0.4 is 5.32 Å². The molecule has 0 aromatic heterocycles. The van der Waals surface area contributed by atoms with Crippen molar-refractivity contribution < 1.29 is 0 Å². The normalized spacial score (nSPS) is 22.3. The minimum absolute atomic E-state index is 0.529. The molecule has 0 aliphatic carbocycles. The average Bonchev–Trinajstić information content (AvgIpc) is 2.87. The second kappa shape index (κ2) is 6.60. The van der Waals surface area contributed by atoms with E-state index in [4.69, 9.17) is 0 Å². The van der Waals surface area contributed by atoms with Gasteiger partial charge in [0.15, 0.2) is 0 Å². The van der Waals surface area contributed by atoms with Crippen LogP contribution in [0.4, 0.5) is 0 Å². The molecule has 2 rings (SSSR count). The summed E-state index contributed by atoms with van der Waals surface area (Å²) in [6.45, 7) is 4.67. The molecule has 0 spiro atoms. The lowest BCUT2D eigenvalue weighted by Crippen LogP contribution is -2.38. The Balaban J connectivity index is 2.06. The molecular weight excluding hydrogens is 240 g/mol. The van der Waals surface area contributed by atoms with E-state index in [-0.39, 0.29) is 0 Å². The minimum atomic E-state index is 0.529. The molecule has 0 saturated carbocycles. The van der Waals surface area contributed by atoms with Crippen LogP contribution in [0.3, 0.4) is 0 Å². The molecule has 2 atom stereocenters. The Kier molecular flexibility index (Phi) is 5.10. The number of nitrogens with zero attached hydrogens (tertiary/aromatic N) is 1. The van der Waals surface area contributed by atoms with Crippen LogP contribution in [0, 0.1) is 0 Å². The summed E-state index contributed by atoms with van der Waals surface area (Å²) in [7, 11) is 2.05. The first-order chi connectivity index (χ1) is 8.76. The van der Waals surface area contributed by atoms with Crippen molar-refractivity contribution in [2.24, 2.45) is 0 Å². The maximum atomic E-state index is 3.32. The van der Waals surface area contributed by atoms with Crippen molar-refractivity contribution in [2.45, 2.75) is 36.7 Å². The smallest absolute Gasteiger partial charge is 0.0323 e. The van der Waals surface area contributed by atoms with Crippen molar-refractivity contribution in [1.29, 1.82) is 0 Å². The van der Waals surface area contributed by atoms with Crippen molar-refractivity contribution >= 4 is 11.8 Å². The van der Waals surface area contributed by atoms with Gasteiger partial charge in [-0.3, -0.25) is 4.90 Å². The number of likely N-dealkylation sites (N-methyl/N-ethyl adjacent to an activating group) is 1. The highest BCUT2D eigenvalue weighted by atomic mass is 32.2. The van der Waals surface area contributed by atoms with E-state index in [1.54, 1.807) is 11.8 Å². The Morgan fingerprint density at radius 2 is 2.11 bits per heavy atom. The van der Waals surface area contributed by atoms with Gasteiger partial charge < -0.3 is 5.32 Å². The molecule has 1 fully saturated rings. The zero-order valence-corrected chi connectivity index (χ0v) is 12.5. The predicted molar refractivity (Wildman–Crippen MR) is 80.3 cm³/mol. The van der Waals surface area contributed by atoms with Gasteiger partial charge in [-0.05, 0) is 57.3 Å². The molecule has 2 nitrogen and oxygen atoms in total. The van der Waals surface area contributed by atoms with Crippen molar-refractivity contribution in [3.8, 4) is 0 Å². The molecule has 3 heteroatoms. The molecule has 1 saturated heterocycles. The molecule has 1 aromatic rings. The molecule has 0 amide bonds. The summed E-state index contributed by atoms with van der Waals surface area (Å²) in [4.78, 5) is 3.99. The largest absolute Gasteiger partial charge is 0.318 e. The number of hydrogen-bond acceptors (Lipinski definition) is 3. The Hall–Kier alpha value is -0.510. The number of benzene rings is 1. The Morgan fingerprint density at radius 1 is 1.39 bits per heavy atom. The van der Waals surface area contributed by atoms with Crippen LogP contribution in [0.1, 0.15) is 31.4 Å². The molecule has 1 aliphatic rings. The molecule has 1 aromatic carbocycles. The Morgan fingerprint density at radius 3 is 2.72 bits per heavy atom. The molecule has 1 heterocycles. The standard InChI is InChI=1S/C15H24N2S/c1-12(13-6-8-15(18-3)9-7-13)17-10-4-5-14(17)11-16-2/h6-9,12,14,16H,4-5,10-11H2,1-3H3. The highest BCUT2D eigenvalue weighted by Gasteiger charge is 2.28. The van der Waals surface area contributed by atoms with Crippen LogP contribution >= 0.6 is 11.8 Å².